The Hall–Kier alpha value is -2.20. The molecular formula is C16H14N2OS. The van der Waals surface area contributed by atoms with E-state index in [1.807, 2.05) is 42.6 Å². The second-order valence-electron chi connectivity index (χ2n) is 4.40. The number of carbonyl (C=O) groups is 1. The maximum atomic E-state index is 11.5. The lowest BCUT2D eigenvalue weighted by Crippen LogP contribution is -2.17. The quantitative estimate of drug-likeness (QED) is 0.769. The van der Waals surface area contributed by atoms with E-state index in [1.165, 1.54) is 10.3 Å². The minimum Gasteiger partial charge on any atom is -0.360 e. The number of carbonyl (C=O) groups excluding carboxylic acids is 1. The number of benzene rings is 2. The molecule has 0 bridgehead atoms. The lowest BCUT2D eigenvalue weighted by Gasteiger charge is -2.02. The Kier molecular flexibility index (Phi) is 3.48. The molecule has 1 amide bonds. The number of rotatable bonds is 3. The monoisotopic (exact) mass is 282 g/mol. The van der Waals surface area contributed by atoms with Crippen LogP contribution in [0.15, 0.2) is 64.5 Å². The summed E-state index contributed by atoms with van der Waals surface area (Å²) in [4.78, 5) is 17.1. The highest BCUT2D eigenvalue weighted by Crippen LogP contribution is 2.33. The van der Waals surface area contributed by atoms with Crippen LogP contribution >= 0.6 is 11.8 Å². The van der Waals surface area contributed by atoms with Crippen LogP contribution in [0, 0.1) is 0 Å². The molecule has 0 radical (unpaired) electrons. The number of aromatic amines is 1. The van der Waals surface area contributed by atoms with Gasteiger partial charge in [0.2, 0.25) is 0 Å². The first kappa shape index (κ1) is 12.8. The van der Waals surface area contributed by atoms with E-state index in [-0.39, 0.29) is 5.91 Å². The zero-order chi connectivity index (χ0) is 13.9. The third-order valence-electron chi connectivity index (χ3n) is 3.12. The fraction of sp³-hybridized carbons (Fsp3) is 0.0625. The van der Waals surface area contributed by atoms with Crippen molar-refractivity contribution < 1.29 is 4.79 Å². The summed E-state index contributed by atoms with van der Waals surface area (Å²) in [7, 11) is 1.64. The predicted molar refractivity (Wildman–Crippen MR) is 82.3 cm³/mol. The normalized spacial score (nSPS) is 10.7. The first-order chi connectivity index (χ1) is 9.78. The van der Waals surface area contributed by atoms with Crippen molar-refractivity contribution in [2.24, 2.45) is 0 Å². The second kappa shape index (κ2) is 5.43. The number of aromatic nitrogens is 1. The first-order valence-electron chi connectivity index (χ1n) is 6.34. The van der Waals surface area contributed by atoms with Gasteiger partial charge in [0.05, 0.1) is 0 Å². The van der Waals surface area contributed by atoms with Crippen LogP contribution in [-0.2, 0) is 0 Å². The zero-order valence-electron chi connectivity index (χ0n) is 11.0. The van der Waals surface area contributed by atoms with Crippen molar-refractivity contribution in [1.82, 2.24) is 10.3 Å². The van der Waals surface area contributed by atoms with E-state index in [0.717, 1.165) is 10.4 Å². The van der Waals surface area contributed by atoms with Crippen molar-refractivity contribution in [3.05, 3.63) is 60.3 Å². The molecule has 0 saturated carbocycles. The third-order valence-corrected chi connectivity index (χ3v) is 4.19. The summed E-state index contributed by atoms with van der Waals surface area (Å²) in [6.45, 7) is 0. The van der Waals surface area contributed by atoms with Gasteiger partial charge in [0.15, 0.2) is 0 Å². The van der Waals surface area contributed by atoms with E-state index in [9.17, 15) is 4.79 Å². The van der Waals surface area contributed by atoms with E-state index in [0.29, 0.717) is 5.56 Å². The SMILES string of the molecule is CNC(=O)c1ccc(Sc2c[nH]c3ccccc23)cc1. The van der Waals surface area contributed by atoms with Crippen molar-refractivity contribution in [3.8, 4) is 0 Å². The van der Waals surface area contributed by atoms with Crippen molar-refractivity contribution in [3.63, 3.8) is 0 Å². The van der Waals surface area contributed by atoms with Gasteiger partial charge in [-0.1, -0.05) is 30.0 Å². The van der Waals surface area contributed by atoms with Crippen LogP contribution < -0.4 is 5.32 Å². The predicted octanol–water partition coefficient (Wildman–Crippen LogP) is 3.68. The molecule has 2 aromatic carbocycles. The van der Waals surface area contributed by atoms with Crippen LogP contribution in [0.2, 0.25) is 0 Å². The molecule has 4 heteroatoms. The van der Waals surface area contributed by atoms with Crippen LogP contribution in [0.4, 0.5) is 0 Å². The number of hydrogen-bond donors (Lipinski definition) is 2. The number of H-pyrrole nitrogens is 1. The lowest BCUT2D eigenvalue weighted by atomic mass is 10.2. The highest BCUT2D eigenvalue weighted by Gasteiger charge is 2.06. The number of amides is 1. The average Bonchev–Trinajstić information content (AvgIpc) is 2.91. The molecule has 1 heterocycles. The van der Waals surface area contributed by atoms with Gasteiger partial charge in [0.25, 0.3) is 5.91 Å². The maximum absolute atomic E-state index is 11.5. The Morgan fingerprint density at radius 3 is 2.60 bits per heavy atom. The van der Waals surface area contributed by atoms with Gasteiger partial charge >= 0.3 is 0 Å². The Morgan fingerprint density at radius 2 is 1.85 bits per heavy atom. The summed E-state index contributed by atoms with van der Waals surface area (Å²) in [5, 5.41) is 3.84. The van der Waals surface area contributed by atoms with Crippen molar-refractivity contribution >= 4 is 28.6 Å². The summed E-state index contributed by atoms with van der Waals surface area (Å²) < 4.78 is 0. The molecule has 0 aliphatic carbocycles. The van der Waals surface area contributed by atoms with Crippen LogP contribution in [-0.4, -0.2) is 17.9 Å². The highest BCUT2D eigenvalue weighted by atomic mass is 32.2. The van der Waals surface area contributed by atoms with Gasteiger partial charge < -0.3 is 10.3 Å². The van der Waals surface area contributed by atoms with Crippen LogP contribution in [0.3, 0.4) is 0 Å². The van der Waals surface area contributed by atoms with Gasteiger partial charge in [-0.15, -0.1) is 0 Å². The van der Waals surface area contributed by atoms with Gasteiger partial charge in [-0.05, 0) is 30.3 Å². The molecule has 0 spiro atoms. The largest absolute Gasteiger partial charge is 0.360 e. The molecule has 3 aromatic rings. The van der Waals surface area contributed by atoms with Gasteiger partial charge in [-0.25, -0.2) is 0 Å². The summed E-state index contributed by atoms with van der Waals surface area (Å²) in [6, 6.07) is 15.8. The van der Waals surface area contributed by atoms with Crippen molar-refractivity contribution in [1.29, 1.82) is 0 Å². The maximum Gasteiger partial charge on any atom is 0.251 e. The zero-order valence-corrected chi connectivity index (χ0v) is 11.8. The van der Waals surface area contributed by atoms with Gasteiger partial charge in [0.1, 0.15) is 0 Å². The van der Waals surface area contributed by atoms with Crippen molar-refractivity contribution in [2.45, 2.75) is 9.79 Å². The average molecular weight is 282 g/mol. The number of nitrogens with one attached hydrogen (secondary N) is 2. The Balaban J connectivity index is 1.86. The highest BCUT2D eigenvalue weighted by molar-refractivity contribution is 7.99. The molecule has 0 fully saturated rings. The number of para-hydroxylation sites is 1. The van der Waals surface area contributed by atoms with E-state index < -0.39 is 0 Å². The van der Waals surface area contributed by atoms with Crippen molar-refractivity contribution in [2.75, 3.05) is 7.05 Å². The third kappa shape index (κ3) is 2.42. The van der Waals surface area contributed by atoms with E-state index in [4.69, 9.17) is 0 Å². The van der Waals surface area contributed by atoms with Gasteiger partial charge in [0, 0.05) is 39.5 Å². The first-order valence-corrected chi connectivity index (χ1v) is 7.15. The Labute approximate surface area is 121 Å². The Morgan fingerprint density at radius 1 is 1.10 bits per heavy atom. The van der Waals surface area contributed by atoms with Crippen LogP contribution in [0.5, 0.6) is 0 Å². The smallest absolute Gasteiger partial charge is 0.251 e. The van der Waals surface area contributed by atoms with E-state index in [2.05, 4.69) is 22.4 Å². The molecule has 3 rings (SSSR count). The minimum atomic E-state index is -0.0614. The van der Waals surface area contributed by atoms with Crippen LogP contribution in [0.25, 0.3) is 10.9 Å². The summed E-state index contributed by atoms with van der Waals surface area (Å²) in [6.07, 6.45) is 2.02. The molecule has 2 N–H and O–H groups in total. The fourth-order valence-electron chi connectivity index (χ4n) is 2.07. The molecule has 0 aliphatic rings. The van der Waals surface area contributed by atoms with Gasteiger partial charge in [-0.3, -0.25) is 4.79 Å². The lowest BCUT2D eigenvalue weighted by molar-refractivity contribution is 0.0963. The summed E-state index contributed by atoms with van der Waals surface area (Å²) in [5.74, 6) is -0.0614. The molecule has 100 valence electrons. The molecule has 20 heavy (non-hydrogen) atoms. The van der Waals surface area contributed by atoms with E-state index >= 15 is 0 Å². The molecule has 3 nitrogen and oxygen atoms in total. The molecule has 0 saturated heterocycles. The molecule has 1 aromatic heterocycles. The summed E-state index contributed by atoms with van der Waals surface area (Å²) >= 11 is 1.69. The van der Waals surface area contributed by atoms with Crippen LogP contribution in [0.1, 0.15) is 10.4 Å². The molecular weight excluding hydrogens is 268 g/mol. The molecule has 0 unspecified atom stereocenters. The molecule has 0 aliphatic heterocycles. The standard InChI is InChI=1S/C16H14N2OS/c1-17-16(19)11-6-8-12(9-7-11)20-15-10-18-14-5-3-2-4-13(14)15/h2-10,18H,1H3,(H,17,19). The number of hydrogen-bond acceptors (Lipinski definition) is 2. The minimum absolute atomic E-state index is 0.0614. The topological polar surface area (TPSA) is 44.9 Å². The fourth-order valence-corrected chi connectivity index (χ4v) is 3.01. The Bertz CT molecular complexity index is 747. The number of fused-ring (bicyclic) bond motifs is 1. The second-order valence-corrected chi connectivity index (χ2v) is 5.52. The molecule has 0 atom stereocenters. The van der Waals surface area contributed by atoms with E-state index in [1.54, 1.807) is 18.8 Å². The summed E-state index contributed by atoms with van der Waals surface area (Å²) in [5.41, 5.74) is 1.81. The van der Waals surface area contributed by atoms with Gasteiger partial charge in [-0.2, -0.15) is 0 Å².